The molecular weight excluding hydrogens is 162 g/mol. The van der Waals surface area contributed by atoms with E-state index in [9.17, 15) is 4.79 Å². The molecule has 0 aromatic heterocycles. The van der Waals surface area contributed by atoms with E-state index in [1.807, 2.05) is 6.29 Å². The molecule has 0 amide bonds. The molecule has 1 atom stereocenters. The van der Waals surface area contributed by atoms with Crippen LogP contribution in [0.4, 0.5) is 0 Å². The molecule has 1 rings (SSSR count). The summed E-state index contributed by atoms with van der Waals surface area (Å²) in [6.07, 6.45) is 11.0. The van der Waals surface area contributed by atoms with Crippen LogP contribution in [-0.2, 0) is 4.79 Å². The fourth-order valence-corrected chi connectivity index (χ4v) is 2.14. The Balaban J connectivity index is 2.12. The molecule has 1 radical (unpaired) electrons. The van der Waals surface area contributed by atoms with Crippen LogP contribution in [0.15, 0.2) is 0 Å². The fraction of sp³-hybridized carbons (Fsp3) is 0.909. The van der Waals surface area contributed by atoms with E-state index in [-0.39, 0.29) is 5.92 Å². The Hall–Kier alpha value is -0.370. The monoisotopic (exact) mass is 182 g/mol. The lowest BCUT2D eigenvalue weighted by Crippen LogP contribution is -2.17. The second kappa shape index (κ2) is 6.14. The standard InChI is InChI=1S/C11H20NO/c12-8-11(9-13)7-6-10-4-2-1-3-5-10/h10-11H,1-8,12H2. The largest absolute Gasteiger partial charge is 0.330 e. The number of rotatable bonds is 5. The van der Waals surface area contributed by atoms with Crippen LogP contribution in [-0.4, -0.2) is 12.8 Å². The molecule has 1 aliphatic rings. The van der Waals surface area contributed by atoms with Gasteiger partial charge >= 0.3 is 0 Å². The molecule has 0 saturated heterocycles. The summed E-state index contributed by atoms with van der Waals surface area (Å²) in [5.74, 6) is 0.845. The fourth-order valence-electron chi connectivity index (χ4n) is 2.14. The maximum atomic E-state index is 10.4. The third kappa shape index (κ3) is 3.90. The van der Waals surface area contributed by atoms with Crippen LogP contribution in [0.1, 0.15) is 44.9 Å². The van der Waals surface area contributed by atoms with Gasteiger partial charge < -0.3 is 5.73 Å². The molecule has 0 aliphatic heterocycles. The van der Waals surface area contributed by atoms with Gasteiger partial charge in [-0.1, -0.05) is 32.1 Å². The highest BCUT2D eigenvalue weighted by molar-refractivity contribution is 5.54. The average Bonchev–Trinajstić information content (AvgIpc) is 2.21. The van der Waals surface area contributed by atoms with Gasteiger partial charge in [-0.15, -0.1) is 0 Å². The van der Waals surface area contributed by atoms with Gasteiger partial charge in [-0.2, -0.15) is 0 Å². The predicted octanol–water partition coefficient (Wildman–Crippen LogP) is 2.03. The first-order valence-corrected chi connectivity index (χ1v) is 5.44. The minimum atomic E-state index is -0.0121. The van der Waals surface area contributed by atoms with Gasteiger partial charge in [0.1, 0.15) is 0 Å². The van der Waals surface area contributed by atoms with Crippen molar-refractivity contribution in [1.82, 2.24) is 0 Å². The van der Waals surface area contributed by atoms with E-state index in [4.69, 9.17) is 5.73 Å². The van der Waals surface area contributed by atoms with Gasteiger partial charge in [0, 0.05) is 12.5 Å². The lowest BCUT2D eigenvalue weighted by Gasteiger charge is -2.22. The van der Waals surface area contributed by atoms with Crippen LogP contribution < -0.4 is 5.73 Å². The minimum Gasteiger partial charge on any atom is -0.330 e. The van der Waals surface area contributed by atoms with Crippen molar-refractivity contribution in [3.63, 3.8) is 0 Å². The molecular formula is C11H20NO. The van der Waals surface area contributed by atoms with E-state index in [0.717, 1.165) is 12.3 Å². The highest BCUT2D eigenvalue weighted by atomic mass is 16.1. The smallest absolute Gasteiger partial charge is 0.203 e. The summed E-state index contributed by atoms with van der Waals surface area (Å²) in [7, 11) is 0. The lowest BCUT2D eigenvalue weighted by atomic mass is 9.84. The first-order chi connectivity index (χ1) is 6.36. The first-order valence-electron chi connectivity index (χ1n) is 5.44. The summed E-state index contributed by atoms with van der Waals surface area (Å²) in [6.45, 7) is 0.468. The molecule has 0 bridgehead atoms. The van der Waals surface area contributed by atoms with Crippen LogP contribution >= 0.6 is 0 Å². The molecule has 0 aromatic rings. The Morgan fingerprint density at radius 1 is 1.31 bits per heavy atom. The van der Waals surface area contributed by atoms with Gasteiger partial charge in [-0.25, -0.2) is 0 Å². The van der Waals surface area contributed by atoms with Gasteiger partial charge in [0.05, 0.1) is 0 Å². The van der Waals surface area contributed by atoms with E-state index >= 15 is 0 Å². The van der Waals surface area contributed by atoms with Crippen molar-refractivity contribution in [1.29, 1.82) is 0 Å². The average molecular weight is 182 g/mol. The third-order valence-electron chi connectivity index (χ3n) is 3.10. The topological polar surface area (TPSA) is 43.1 Å². The van der Waals surface area contributed by atoms with E-state index in [0.29, 0.717) is 6.54 Å². The number of carbonyl (C=O) groups excluding carboxylic acids is 1. The summed E-state index contributed by atoms with van der Waals surface area (Å²) < 4.78 is 0. The van der Waals surface area contributed by atoms with E-state index in [1.54, 1.807) is 0 Å². The molecule has 75 valence electrons. The molecule has 0 spiro atoms. The quantitative estimate of drug-likeness (QED) is 0.707. The maximum absolute atomic E-state index is 10.4. The Bertz CT molecular complexity index is 141. The second-order valence-electron chi connectivity index (χ2n) is 4.13. The lowest BCUT2D eigenvalue weighted by molar-refractivity contribution is 0.321. The van der Waals surface area contributed by atoms with Crippen molar-refractivity contribution in [3.05, 3.63) is 0 Å². The zero-order chi connectivity index (χ0) is 9.52. The Morgan fingerprint density at radius 3 is 2.54 bits per heavy atom. The van der Waals surface area contributed by atoms with Crippen LogP contribution in [0.2, 0.25) is 0 Å². The molecule has 2 nitrogen and oxygen atoms in total. The molecule has 1 aliphatic carbocycles. The summed E-state index contributed by atoms with van der Waals surface area (Å²) in [5, 5.41) is 0. The SMILES string of the molecule is NCC([C]=O)CCC1CCCCC1. The van der Waals surface area contributed by atoms with Gasteiger partial charge in [0.15, 0.2) is 0 Å². The maximum Gasteiger partial charge on any atom is 0.203 e. The summed E-state index contributed by atoms with van der Waals surface area (Å²) in [6, 6.07) is 0. The van der Waals surface area contributed by atoms with E-state index in [1.165, 1.54) is 38.5 Å². The highest BCUT2D eigenvalue weighted by Gasteiger charge is 2.15. The molecule has 0 aromatic carbocycles. The van der Waals surface area contributed by atoms with Crippen LogP contribution in [0, 0.1) is 11.8 Å². The van der Waals surface area contributed by atoms with Crippen LogP contribution in [0.3, 0.4) is 0 Å². The Labute approximate surface area is 80.9 Å². The van der Waals surface area contributed by atoms with Crippen molar-refractivity contribution in [3.8, 4) is 0 Å². The van der Waals surface area contributed by atoms with E-state index in [2.05, 4.69) is 0 Å². The minimum absolute atomic E-state index is 0.0121. The Kier molecular flexibility index (Phi) is 5.06. The molecule has 2 N–H and O–H groups in total. The number of nitrogens with two attached hydrogens (primary N) is 1. The van der Waals surface area contributed by atoms with Crippen molar-refractivity contribution >= 4 is 6.29 Å². The van der Waals surface area contributed by atoms with Crippen molar-refractivity contribution in [2.45, 2.75) is 44.9 Å². The van der Waals surface area contributed by atoms with Crippen LogP contribution in [0.25, 0.3) is 0 Å². The molecule has 13 heavy (non-hydrogen) atoms. The van der Waals surface area contributed by atoms with Gasteiger partial charge in [0.25, 0.3) is 0 Å². The van der Waals surface area contributed by atoms with Crippen molar-refractivity contribution < 1.29 is 4.79 Å². The second-order valence-corrected chi connectivity index (χ2v) is 4.13. The molecule has 2 heteroatoms. The summed E-state index contributed by atoms with van der Waals surface area (Å²) in [5.41, 5.74) is 5.44. The zero-order valence-corrected chi connectivity index (χ0v) is 8.30. The zero-order valence-electron chi connectivity index (χ0n) is 8.30. The Morgan fingerprint density at radius 2 is 2.00 bits per heavy atom. The molecule has 0 heterocycles. The van der Waals surface area contributed by atoms with Crippen LogP contribution in [0.5, 0.6) is 0 Å². The highest BCUT2D eigenvalue weighted by Crippen LogP contribution is 2.28. The molecule has 1 fully saturated rings. The predicted molar refractivity (Wildman–Crippen MR) is 54.0 cm³/mol. The summed E-state index contributed by atoms with van der Waals surface area (Å²) in [4.78, 5) is 10.4. The number of hydrogen-bond donors (Lipinski definition) is 1. The van der Waals surface area contributed by atoms with Crippen molar-refractivity contribution in [2.24, 2.45) is 17.6 Å². The summed E-state index contributed by atoms with van der Waals surface area (Å²) >= 11 is 0. The first kappa shape index (κ1) is 10.7. The molecule has 1 saturated carbocycles. The van der Waals surface area contributed by atoms with Crippen molar-refractivity contribution in [2.75, 3.05) is 6.54 Å². The van der Waals surface area contributed by atoms with E-state index < -0.39 is 0 Å². The third-order valence-corrected chi connectivity index (χ3v) is 3.10. The normalized spacial score (nSPS) is 21.3. The van der Waals surface area contributed by atoms with Gasteiger partial charge in [-0.3, -0.25) is 4.79 Å². The van der Waals surface area contributed by atoms with Gasteiger partial charge in [0.2, 0.25) is 6.29 Å². The molecule has 1 unspecified atom stereocenters. The van der Waals surface area contributed by atoms with Gasteiger partial charge in [-0.05, 0) is 18.8 Å². The number of hydrogen-bond acceptors (Lipinski definition) is 2.